The highest BCUT2D eigenvalue weighted by Crippen LogP contribution is 2.06. The summed E-state index contributed by atoms with van der Waals surface area (Å²) in [6.07, 6.45) is 0.830. The number of methoxy groups -OCH3 is 1. The smallest absolute Gasteiger partial charge is 0.251 e. The Morgan fingerprint density at radius 3 is 2.85 bits per heavy atom. The van der Waals surface area contributed by atoms with Gasteiger partial charge in [-0.15, -0.1) is 0 Å². The summed E-state index contributed by atoms with van der Waals surface area (Å²) in [4.78, 5) is 11.9. The van der Waals surface area contributed by atoms with Crippen LogP contribution in [0.2, 0.25) is 0 Å². The largest absolute Gasteiger partial charge is 0.381 e. The summed E-state index contributed by atoms with van der Waals surface area (Å²) in [7, 11) is 1.64. The molecule has 0 aliphatic rings. The maximum Gasteiger partial charge on any atom is 0.251 e. The molecule has 0 aromatic heterocycles. The van der Waals surface area contributed by atoms with Gasteiger partial charge < -0.3 is 14.8 Å². The molecule has 0 aliphatic heterocycles. The molecule has 1 rings (SSSR count). The summed E-state index contributed by atoms with van der Waals surface area (Å²) in [6, 6.07) is 7.48. The predicted octanol–water partition coefficient (Wildman–Crippen LogP) is 2.63. The van der Waals surface area contributed by atoms with Crippen molar-refractivity contribution in [3.8, 4) is 0 Å². The minimum absolute atomic E-state index is 0.0492. The normalized spacial score (nSPS) is 10.8. The molecule has 0 radical (unpaired) electrons. The molecule has 1 aromatic rings. The lowest BCUT2D eigenvalue weighted by Gasteiger charge is -2.08. The van der Waals surface area contributed by atoms with Gasteiger partial charge in [-0.2, -0.15) is 0 Å². The molecule has 0 bridgehead atoms. The number of ether oxygens (including phenoxy) is 2. The van der Waals surface area contributed by atoms with Gasteiger partial charge in [-0.25, -0.2) is 0 Å². The fourth-order valence-corrected chi connectivity index (χ4v) is 1.77. The van der Waals surface area contributed by atoms with Crippen LogP contribution >= 0.6 is 0 Å². The number of benzene rings is 1. The van der Waals surface area contributed by atoms with E-state index in [0.717, 1.165) is 18.6 Å². The second kappa shape index (κ2) is 9.50. The molecule has 0 fully saturated rings. The van der Waals surface area contributed by atoms with Crippen LogP contribution in [0.5, 0.6) is 0 Å². The van der Waals surface area contributed by atoms with E-state index in [2.05, 4.69) is 19.2 Å². The summed E-state index contributed by atoms with van der Waals surface area (Å²) in [6.45, 7) is 6.84. The minimum Gasteiger partial charge on any atom is -0.381 e. The number of rotatable bonds is 9. The first-order chi connectivity index (χ1) is 9.63. The molecule has 1 N–H and O–H groups in total. The molecule has 0 saturated carbocycles. The predicted molar refractivity (Wildman–Crippen MR) is 79.8 cm³/mol. The molecule has 112 valence electrons. The average Bonchev–Trinajstić information content (AvgIpc) is 2.43. The van der Waals surface area contributed by atoms with Crippen LogP contribution in [0.1, 0.15) is 36.2 Å². The molecule has 1 aromatic carbocycles. The van der Waals surface area contributed by atoms with E-state index in [4.69, 9.17) is 9.47 Å². The zero-order chi connectivity index (χ0) is 14.8. The fourth-order valence-electron chi connectivity index (χ4n) is 1.77. The highest BCUT2D eigenvalue weighted by atomic mass is 16.5. The van der Waals surface area contributed by atoms with E-state index in [9.17, 15) is 4.79 Å². The molecule has 0 heterocycles. The Bertz CT molecular complexity index is 404. The first-order valence-corrected chi connectivity index (χ1v) is 7.07. The first-order valence-electron chi connectivity index (χ1n) is 7.07. The van der Waals surface area contributed by atoms with Gasteiger partial charge in [0.05, 0.1) is 6.61 Å². The number of carbonyl (C=O) groups is 1. The van der Waals surface area contributed by atoms with Crippen molar-refractivity contribution in [1.29, 1.82) is 0 Å². The van der Waals surface area contributed by atoms with Crippen LogP contribution in [0, 0.1) is 5.92 Å². The van der Waals surface area contributed by atoms with Crippen LogP contribution in [-0.2, 0) is 16.1 Å². The molecule has 4 heteroatoms. The third-order valence-electron chi connectivity index (χ3n) is 2.70. The lowest BCUT2D eigenvalue weighted by molar-refractivity contribution is 0.0924. The zero-order valence-electron chi connectivity index (χ0n) is 12.6. The van der Waals surface area contributed by atoms with Crippen molar-refractivity contribution in [3.63, 3.8) is 0 Å². The molecule has 0 aliphatic carbocycles. The highest BCUT2D eigenvalue weighted by Gasteiger charge is 2.05. The van der Waals surface area contributed by atoms with Crippen molar-refractivity contribution in [2.45, 2.75) is 26.9 Å². The average molecular weight is 279 g/mol. The van der Waals surface area contributed by atoms with Gasteiger partial charge >= 0.3 is 0 Å². The molecular weight excluding hydrogens is 254 g/mol. The van der Waals surface area contributed by atoms with Crippen molar-refractivity contribution in [3.05, 3.63) is 35.4 Å². The van der Waals surface area contributed by atoms with E-state index in [0.29, 0.717) is 31.2 Å². The maximum atomic E-state index is 11.9. The van der Waals surface area contributed by atoms with Gasteiger partial charge in [-0.3, -0.25) is 4.79 Å². The van der Waals surface area contributed by atoms with Gasteiger partial charge in [0.25, 0.3) is 5.91 Å². The van der Waals surface area contributed by atoms with Crippen LogP contribution in [0.3, 0.4) is 0 Å². The van der Waals surface area contributed by atoms with Crippen molar-refractivity contribution < 1.29 is 14.3 Å². The second-order valence-electron chi connectivity index (χ2n) is 5.21. The fraction of sp³-hybridized carbons (Fsp3) is 0.562. The van der Waals surface area contributed by atoms with E-state index in [-0.39, 0.29) is 5.91 Å². The van der Waals surface area contributed by atoms with Gasteiger partial charge in [-0.1, -0.05) is 26.0 Å². The summed E-state index contributed by atoms with van der Waals surface area (Å²) >= 11 is 0. The van der Waals surface area contributed by atoms with Crippen molar-refractivity contribution in [2.75, 3.05) is 26.9 Å². The number of amides is 1. The minimum atomic E-state index is -0.0492. The summed E-state index contributed by atoms with van der Waals surface area (Å²) < 4.78 is 10.5. The Hall–Kier alpha value is -1.39. The molecule has 0 atom stereocenters. The molecule has 0 unspecified atom stereocenters. The molecule has 20 heavy (non-hydrogen) atoms. The van der Waals surface area contributed by atoms with E-state index >= 15 is 0 Å². The van der Waals surface area contributed by atoms with Crippen LogP contribution in [-0.4, -0.2) is 32.8 Å². The molecular formula is C16H25NO3. The standard InChI is InChI=1S/C16H25NO3/c1-13(2)11-20-9-5-8-17-16(18)15-7-4-6-14(10-15)12-19-3/h4,6-7,10,13H,5,8-9,11-12H2,1-3H3,(H,17,18). The van der Waals surface area contributed by atoms with Crippen molar-refractivity contribution in [1.82, 2.24) is 5.32 Å². The summed E-state index contributed by atoms with van der Waals surface area (Å²) in [5, 5.41) is 2.90. The second-order valence-corrected chi connectivity index (χ2v) is 5.21. The molecule has 4 nitrogen and oxygen atoms in total. The van der Waals surface area contributed by atoms with Crippen LogP contribution in [0.15, 0.2) is 24.3 Å². The van der Waals surface area contributed by atoms with Crippen LogP contribution in [0.4, 0.5) is 0 Å². The molecule has 0 spiro atoms. The first kappa shape index (κ1) is 16.7. The van der Waals surface area contributed by atoms with E-state index in [1.807, 2.05) is 24.3 Å². The number of hydrogen-bond acceptors (Lipinski definition) is 3. The summed E-state index contributed by atoms with van der Waals surface area (Å²) in [5.41, 5.74) is 1.67. The monoisotopic (exact) mass is 279 g/mol. The van der Waals surface area contributed by atoms with Gasteiger partial charge in [-0.05, 0) is 30.0 Å². The van der Waals surface area contributed by atoms with E-state index in [1.165, 1.54) is 0 Å². The Morgan fingerprint density at radius 2 is 2.15 bits per heavy atom. The third kappa shape index (κ3) is 6.68. The Kier molecular flexibility index (Phi) is 7.92. The number of hydrogen-bond donors (Lipinski definition) is 1. The van der Waals surface area contributed by atoms with Gasteiger partial charge in [0.2, 0.25) is 0 Å². The Morgan fingerprint density at radius 1 is 1.35 bits per heavy atom. The van der Waals surface area contributed by atoms with Gasteiger partial charge in [0.1, 0.15) is 0 Å². The Labute approximate surface area is 121 Å². The molecule has 1 amide bonds. The van der Waals surface area contributed by atoms with Crippen molar-refractivity contribution in [2.24, 2.45) is 5.92 Å². The van der Waals surface area contributed by atoms with Gasteiger partial charge in [0, 0.05) is 32.4 Å². The Balaban J connectivity index is 2.27. The molecule has 0 saturated heterocycles. The number of nitrogens with one attached hydrogen (secondary N) is 1. The maximum absolute atomic E-state index is 11.9. The van der Waals surface area contributed by atoms with Crippen LogP contribution < -0.4 is 5.32 Å². The van der Waals surface area contributed by atoms with Gasteiger partial charge in [0.15, 0.2) is 0 Å². The topological polar surface area (TPSA) is 47.6 Å². The quantitative estimate of drug-likeness (QED) is 0.707. The zero-order valence-corrected chi connectivity index (χ0v) is 12.6. The highest BCUT2D eigenvalue weighted by molar-refractivity contribution is 5.94. The summed E-state index contributed by atoms with van der Waals surface area (Å²) in [5.74, 6) is 0.500. The number of carbonyl (C=O) groups excluding carboxylic acids is 1. The third-order valence-corrected chi connectivity index (χ3v) is 2.70. The van der Waals surface area contributed by atoms with E-state index < -0.39 is 0 Å². The lowest BCUT2D eigenvalue weighted by Crippen LogP contribution is -2.25. The van der Waals surface area contributed by atoms with Crippen LogP contribution in [0.25, 0.3) is 0 Å². The SMILES string of the molecule is COCc1cccc(C(=O)NCCCOCC(C)C)c1. The van der Waals surface area contributed by atoms with E-state index in [1.54, 1.807) is 7.11 Å². The lowest BCUT2D eigenvalue weighted by atomic mass is 10.1. The van der Waals surface area contributed by atoms with Crippen molar-refractivity contribution >= 4 is 5.91 Å².